The molecule has 1 fully saturated rings. The SMILES string of the molecule is COc1cccc(CCNC(=O)C2CCCCC2C(=O)O)c1OCCN(C)C. The number of ether oxygens (including phenoxy) is 2. The third-order valence-corrected chi connectivity index (χ3v) is 5.18. The molecule has 7 nitrogen and oxygen atoms in total. The Hall–Kier alpha value is -2.28. The minimum atomic E-state index is -0.871. The fourth-order valence-electron chi connectivity index (χ4n) is 3.60. The van der Waals surface area contributed by atoms with Gasteiger partial charge in [-0.15, -0.1) is 0 Å². The molecular weight excluding hydrogens is 360 g/mol. The second-order valence-corrected chi connectivity index (χ2v) is 7.48. The predicted octanol–water partition coefficient (Wildman–Crippen LogP) is 2.19. The Bertz CT molecular complexity index is 662. The van der Waals surface area contributed by atoms with Crippen LogP contribution in [0.3, 0.4) is 0 Å². The van der Waals surface area contributed by atoms with Crippen molar-refractivity contribution in [3.8, 4) is 11.5 Å². The first-order valence-electron chi connectivity index (χ1n) is 9.88. The first-order valence-corrected chi connectivity index (χ1v) is 9.88. The molecule has 2 rings (SSSR count). The van der Waals surface area contributed by atoms with E-state index in [0.29, 0.717) is 43.9 Å². The van der Waals surface area contributed by atoms with Gasteiger partial charge in [0.2, 0.25) is 5.91 Å². The van der Waals surface area contributed by atoms with E-state index in [-0.39, 0.29) is 5.91 Å². The molecule has 7 heteroatoms. The van der Waals surface area contributed by atoms with Crippen molar-refractivity contribution in [3.05, 3.63) is 23.8 Å². The lowest BCUT2D eigenvalue weighted by Gasteiger charge is -2.27. The van der Waals surface area contributed by atoms with E-state index >= 15 is 0 Å². The molecule has 1 amide bonds. The van der Waals surface area contributed by atoms with E-state index in [9.17, 15) is 14.7 Å². The number of carboxylic acid groups (broad SMARTS) is 1. The molecule has 1 saturated carbocycles. The van der Waals surface area contributed by atoms with Crippen molar-refractivity contribution in [2.75, 3.05) is 40.9 Å². The number of nitrogens with one attached hydrogen (secondary N) is 1. The monoisotopic (exact) mass is 392 g/mol. The Kier molecular flexibility index (Phi) is 8.57. The topological polar surface area (TPSA) is 88.1 Å². The number of aliphatic carboxylic acids is 1. The third kappa shape index (κ3) is 6.12. The van der Waals surface area contributed by atoms with Gasteiger partial charge in [0.05, 0.1) is 18.9 Å². The largest absolute Gasteiger partial charge is 0.493 e. The quantitative estimate of drug-likeness (QED) is 0.635. The summed E-state index contributed by atoms with van der Waals surface area (Å²) in [5.41, 5.74) is 0.955. The van der Waals surface area contributed by atoms with E-state index in [4.69, 9.17) is 9.47 Å². The van der Waals surface area contributed by atoms with Gasteiger partial charge in [-0.25, -0.2) is 0 Å². The van der Waals surface area contributed by atoms with Crippen LogP contribution < -0.4 is 14.8 Å². The van der Waals surface area contributed by atoms with Crippen LogP contribution in [0, 0.1) is 11.8 Å². The van der Waals surface area contributed by atoms with Crippen LogP contribution in [0.15, 0.2) is 18.2 Å². The molecule has 1 aliphatic carbocycles. The number of carbonyl (C=O) groups excluding carboxylic acids is 1. The van der Waals surface area contributed by atoms with Crippen LogP contribution in [0.2, 0.25) is 0 Å². The zero-order valence-corrected chi connectivity index (χ0v) is 17.1. The van der Waals surface area contributed by atoms with Crippen molar-refractivity contribution < 1.29 is 24.2 Å². The molecule has 1 aliphatic rings. The van der Waals surface area contributed by atoms with Crippen molar-refractivity contribution in [2.24, 2.45) is 11.8 Å². The molecule has 1 aromatic rings. The van der Waals surface area contributed by atoms with Crippen LogP contribution >= 0.6 is 0 Å². The zero-order valence-electron chi connectivity index (χ0n) is 17.1. The Labute approximate surface area is 167 Å². The van der Waals surface area contributed by atoms with Crippen LogP contribution in [0.4, 0.5) is 0 Å². The highest BCUT2D eigenvalue weighted by Crippen LogP contribution is 2.32. The molecule has 2 N–H and O–H groups in total. The van der Waals surface area contributed by atoms with Crippen LogP contribution in [-0.2, 0) is 16.0 Å². The van der Waals surface area contributed by atoms with E-state index in [1.807, 2.05) is 37.2 Å². The lowest BCUT2D eigenvalue weighted by atomic mass is 9.78. The zero-order chi connectivity index (χ0) is 20.5. The maximum absolute atomic E-state index is 12.5. The number of nitrogens with zero attached hydrogens (tertiary/aromatic N) is 1. The van der Waals surface area contributed by atoms with Crippen molar-refractivity contribution in [2.45, 2.75) is 32.1 Å². The van der Waals surface area contributed by atoms with Gasteiger partial charge in [0, 0.05) is 13.1 Å². The highest BCUT2D eigenvalue weighted by molar-refractivity contribution is 5.84. The van der Waals surface area contributed by atoms with Gasteiger partial charge >= 0.3 is 5.97 Å². The normalized spacial score (nSPS) is 19.3. The van der Waals surface area contributed by atoms with Crippen LogP contribution in [0.5, 0.6) is 11.5 Å². The van der Waals surface area contributed by atoms with Crippen molar-refractivity contribution in [1.29, 1.82) is 0 Å². The maximum Gasteiger partial charge on any atom is 0.307 e. The molecule has 2 unspecified atom stereocenters. The minimum Gasteiger partial charge on any atom is -0.493 e. The number of hydrogen-bond acceptors (Lipinski definition) is 5. The first kappa shape index (κ1) is 22.0. The molecule has 2 atom stereocenters. The number of para-hydroxylation sites is 1. The van der Waals surface area contributed by atoms with Gasteiger partial charge in [-0.1, -0.05) is 25.0 Å². The van der Waals surface area contributed by atoms with Gasteiger partial charge in [0.25, 0.3) is 0 Å². The number of hydrogen-bond donors (Lipinski definition) is 2. The maximum atomic E-state index is 12.5. The molecule has 0 radical (unpaired) electrons. The number of amides is 1. The van der Waals surface area contributed by atoms with Crippen molar-refractivity contribution in [1.82, 2.24) is 10.2 Å². The summed E-state index contributed by atoms with van der Waals surface area (Å²) in [5, 5.41) is 12.3. The average molecular weight is 392 g/mol. The lowest BCUT2D eigenvalue weighted by Crippen LogP contribution is -2.40. The number of likely N-dealkylation sites (N-methyl/N-ethyl adjacent to an activating group) is 1. The Morgan fingerprint density at radius 2 is 1.93 bits per heavy atom. The standard InChI is InChI=1S/C21H32N2O5/c1-23(2)13-14-28-19-15(7-6-10-18(19)27-3)11-12-22-20(24)16-8-4-5-9-17(16)21(25)26/h6-7,10,16-17H,4-5,8-9,11-14H2,1-3H3,(H,22,24)(H,25,26). The van der Waals surface area contributed by atoms with E-state index < -0.39 is 17.8 Å². The second-order valence-electron chi connectivity index (χ2n) is 7.48. The number of methoxy groups -OCH3 is 1. The molecular formula is C21H32N2O5. The molecule has 0 heterocycles. The van der Waals surface area contributed by atoms with Gasteiger partial charge in [0.1, 0.15) is 6.61 Å². The summed E-state index contributed by atoms with van der Waals surface area (Å²) < 4.78 is 11.4. The van der Waals surface area contributed by atoms with Crippen LogP contribution in [-0.4, -0.2) is 62.8 Å². The number of carbonyl (C=O) groups is 2. The van der Waals surface area contributed by atoms with Crippen LogP contribution in [0.25, 0.3) is 0 Å². The summed E-state index contributed by atoms with van der Waals surface area (Å²) in [4.78, 5) is 26.0. The summed E-state index contributed by atoms with van der Waals surface area (Å²) in [7, 11) is 5.57. The van der Waals surface area contributed by atoms with E-state index in [2.05, 4.69) is 5.32 Å². The third-order valence-electron chi connectivity index (χ3n) is 5.18. The molecule has 0 spiro atoms. The summed E-state index contributed by atoms with van der Waals surface area (Å²) in [5.74, 6) is -0.680. The number of benzene rings is 1. The highest BCUT2D eigenvalue weighted by Gasteiger charge is 2.35. The molecule has 28 heavy (non-hydrogen) atoms. The molecule has 0 bridgehead atoms. The fourth-order valence-corrected chi connectivity index (χ4v) is 3.60. The molecule has 0 aromatic heterocycles. The summed E-state index contributed by atoms with van der Waals surface area (Å²) in [6, 6.07) is 5.71. The fraction of sp³-hybridized carbons (Fsp3) is 0.619. The van der Waals surface area contributed by atoms with Gasteiger partial charge in [0.15, 0.2) is 11.5 Å². The summed E-state index contributed by atoms with van der Waals surface area (Å²) in [6.45, 7) is 1.75. The van der Waals surface area contributed by atoms with Crippen LogP contribution in [0.1, 0.15) is 31.2 Å². The Balaban J connectivity index is 1.96. The van der Waals surface area contributed by atoms with Gasteiger partial charge in [-0.3, -0.25) is 9.59 Å². The predicted molar refractivity (Wildman–Crippen MR) is 107 cm³/mol. The van der Waals surface area contributed by atoms with Gasteiger partial charge < -0.3 is 24.8 Å². The van der Waals surface area contributed by atoms with Crippen molar-refractivity contribution in [3.63, 3.8) is 0 Å². The van der Waals surface area contributed by atoms with Crippen molar-refractivity contribution >= 4 is 11.9 Å². The van der Waals surface area contributed by atoms with E-state index in [1.54, 1.807) is 7.11 Å². The Morgan fingerprint density at radius 3 is 2.57 bits per heavy atom. The average Bonchev–Trinajstić information content (AvgIpc) is 2.68. The molecule has 0 aliphatic heterocycles. The second kappa shape index (κ2) is 10.9. The molecule has 1 aromatic carbocycles. The lowest BCUT2D eigenvalue weighted by molar-refractivity contribution is -0.148. The summed E-state index contributed by atoms with van der Waals surface area (Å²) in [6.07, 6.45) is 3.58. The van der Waals surface area contributed by atoms with Gasteiger partial charge in [-0.2, -0.15) is 0 Å². The summed E-state index contributed by atoms with van der Waals surface area (Å²) >= 11 is 0. The van der Waals surface area contributed by atoms with E-state index in [0.717, 1.165) is 24.9 Å². The minimum absolute atomic E-state index is 0.162. The smallest absolute Gasteiger partial charge is 0.307 e. The van der Waals surface area contributed by atoms with E-state index in [1.165, 1.54) is 0 Å². The molecule has 156 valence electrons. The first-order chi connectivity index (χ1) is 13.4. The van der Waals surface area contributed by atoms with Gasteiger partial charge in [-0.05, 0) is 45.0 Å². The highest BCUT2D eigenvalue weighted by atomic mass is 16.5. The molecule has 0 saturated heterocycles. The Morgan fingerprint density at radius 1 is 1.21 bits per heavy atom. The number of rotatable bonds is 10. The number of carboxylic acids is 1.